The SMILES string of the molecule is CC(C)(O)[C@H](F)CNC(=O)c1cnc(Cl)cc1NC12CCC(CC(=O)OCCCl)(CC1)CC2. The molecule has 1 amide bonds. The third kappa shape index (κ3) is 6.49. The Hall–Kier alpha value is -1.64. The zero-order valence-corrected chi connectivity index (χ0v) is 20.6. The smallest absolute Gasteiger partial charge is 0.306 e. The van der Waals surface area contributed by atoms with Gasteiger partial charge < -0.3 is 20.5 Å². The number of halogens is 3. The van der Waals surface area contributed by atoms with Crippen molar-refractivity contribution in [1.29, 1.82) is 0 Å². The van der Waals surface area contributed by atoms with Gasteiger partial charge in [-0.05, 0) is 63.9 Å². The number of nitrogens with one attached hydrogen (secondary N) is 2. The molecule has 3 N–H and O–H groups in total. The Morgan fingerprint density at radius 1 is 1.27 bits per heavy atom. The lowest BCUT2D eigenvalue weighted by Gasteiger charge is -2.54. The van der Waals surface area contributed by atoms with Crippen molar-refractivity contribution in [2.45, 2.75) is 76.1 Å². The summed E-state index contributed by atoms with van der Waals surface area (Å²) in [6.07, 6.45) is 5.35. The van der Waals surface area contributed by atoms with Gasteiger partial charge in [0.2, 0.25) is 0 Å². The molecule has 10 heteroatoms. The highest BCUT2D eigenvalue weighted by molar-refractivity contribution is 6.29. The molecule has 0 aliphatic heterocycles. The van der Waals surface area contributed by atoms with E-state index in [-0.39, 0.29) is 40.8 Å². The third-order valence-corrected chi connectivity index (χ3v) is 7.35. The molecule has 33 heavy (non-hydrogen) atoms. The molecular formula is C23H32Cl2FN3O4. The lowest BCUT2D eigenvalue weighted by molar-refractivity contribution is -0.147. The number of aromatic nitrogens is 1. The van der Waals surface area contributed by atoms with Crippen molar-refractivity contribution in [1.82, 2.24) is 10.3 Å². The quantitative estimate of drug-likeness (QED) is 0.250. The van der Waals surface area contributed by atoms with Crippen LogP contribution in [0.4, 0.5) is 10.1 Å². The molecule has 3 aliphatic rings. The van der Waals surface area contributed by atoms with Crippen LogP contribution in [0.25, 0.3) is 0 Å². The number of carbonyl (C=O) groups excluding carboxylic acids is 2. The van der Waals surface area contributed by atoms with Gasteiger partial charge in [-0.2, -0.15) is 0 Å². The molecule has 4 rings (SSSR count). The van der Waals surface area contributed by atoms with Crippen molar-refractivity contribution in [3.05, 3.63) is 23.0 Å². The number of aliphatic hydroxyl groups is 1. The molecule has 3 aliphatic carbocycles. The summed E-state index contributed by atoms with van der Waals surface area (Å²) < 4.78 is 19.3. The number of ether oxygens (including phenoxy) is 1. The predicted molar refractivity (Wildman–Crippen MR) is 126 cm³/mol. The molecule has 0 saturated heterocycles. The van der Waals surface area contributed by atoms with E-state index < -0.39 is 17.7 Å². The summed E-state index contributed by atoms with van der Waals surface area (Å²) in [5.41, 5.74) is -1.00. The standard InChI is InChI=1S/C23H32Cl2FN3O4/c1-21(2,32)17(26)14-28-20(31)15-13-27-18(25)11-16(15)29-23-6-3-22(4-7-23,5-8-23)12-19(30)33-10-9-24/h11,13,17,32H,3-10,12,14H2,1-2H3,(H,27,29)(H,28,31)/t17-,22?,23?/m1/s1. The van der Waals surface area contributed by atoms with Crippen LogP contribution in [0.1, 0.15) is 69.2 Å². The first-order valence-corrected chi connectivity index (χ1v) is 12.2. The second-order valence-corrected chi connectivity index (χ2v) is 10.6. The largest absolute Gasteiger partial charge is 0.464 e. The van der Waals surface area contributed by atoms with Gasteiger partial charge in [-0.15, -0.1) is 11.6 Å². The molecule has 0 spiro atoms. The van der Waals surface area contributed by atoms with Crippen molar-refractivity contribution in [3.8, 4) is 0 Å². The average molecular weight is 504 g/mol. The number of fused-ring (bicyclic) bond motifs is 3. The van der Waals surface area contributed by atoms with Crippen LogP contribution in [-0.4, -0.2) is 58.3 Å². The third-order valence-electron chi connectivity index (χ3n) is 6.98. The lowest BCUT2D eigenvalue weighted by atomic mass is 9.56. The first kappa shape index (κ1) is 26.0. The monoisotopic (exact) mass is 503 g/mol. The molecule has 1 aromatic rings. The van der Waals surface area contributed by atoms with Crippen LogP contribution in [0.2, 0.25) is 5.15 Å². The van der Waals surface area contributed by atoms with Crippen LogP contribution in [-0.2, 0) is 9.53 Å². The molecule has 0 radical (unpaired) electrons. The zero-order chi connectivity index (χ0) is 24.3. The van der Waals surface area contributed by atoms with Gasteiger partial charge in [0.1, 0.15) is 17.9 Å². The number of pyridine rings is 1. The Labute approximate surface area is 203 Å². The molecule has 1 atom stereocenters. The number of hydrogen-bond acceptors (Lipinski definition) is 6. The lowest BCUT2D eigenvalue weighted by Crippen LogP contribution is -2.51. The number of rotatable bonds is 10. The fourth-order valence-corrected chi connectivity index (χ4v) is 4.99. The fourth-order valence-electron chi connectivity index (χ4n) is 4.75. The van der Waals surface area contributed by atoms with E-state index in [1.54, 1.807) is 6.07 Å². The van der Waals surface area contributed by atoms with Crippen LogP contribution < -0.4 is 10.6 Å². The van der Waals surface area contributed by atoms with Crippen LogP contribution in [0.3, 0.4) is 0 Å². The molecule has 1 heterocycles. The van der Waals surface area contributed by atoms with E-state index in [2.05, 4.69) is 15.6 Å². The number of anilines is 1. The minimum Gasteiger partial charge on any atom is -0.464 e. The first-order chi connectivity index (χ1) is 15.5. The molecule has 0 aromatic carbocycles. The summed E-state index contributed by atoms with van der Waals surface area (Å²) in [5, 5.41) is 16.1. The van der Waals surface area contributed by atoms with Gasteiger partial charge in [-0.1, -0.05) is 11.6 Å². The maximum absolute atomic E-state index is 14.1. The summed E-state index contributed by atoms with van der Waals surface area (Å²) in [4.78, 5) is 28.9. The Bertz CT molecular complexity index is 853. The Kier molecular flexibility index (Phi) is 8.12. The summed E-state index contributed by atoms with van der Waals surface area (Å²) in [6, 6.07) is 1.61. The molecule has 184 valence electrons. The van der Waals surface area contributed by atoms with E-state index in [1.807, 2.05) is 0 Å². The molecule has 3 fully saturated rings. The number of hydrogen-bond donors (Lipinski definition) is 3. The van der Waals surface area contributed by atoms with Crippen LogP contribution >= 0.6 is 23.2 Å². The van der Waals surface area contributed by atoms with Gasteiger partial charge in [0, 0.05) is 11.7 Å². The number of carbonyl (C=O) groups is 2. The van der Waals surface area contributed by atoms with Gasteiger partial charge in [-0.25, -0.2) is 9.37 Å². The van der Waals surface area contributed by atoms with Crippen molar-refractivity contribution in [2.24, 2.45) is 5.41 Å². The van der Waals surface area contributed by atoms with Crippen molar-refractivity contribution in [3.63, 3.8) is 0 Å². The van der Waals surface area contributed by atoms with Crippen molar-refractivity contribution in [2.75, 3.05) is 24.3 Å². The van der Waals surface area contributed by atoms with Crippen LogP contribution in [0.5, 0.6) is 0 Å². The first-order valence-electron chi connectivity index (χ1n) is 11.3. The van der Waals surface area contributed by atoms with E-state index in [1.165, 1.54) is 20.0 Å². The highest BCUT2D eigenvalue weighted by Crippen LogP contribution is 2.55. The number of esters is 1. The molecule has 7 nitrogen and oxygen atoms in total. The summed E-state index contributed by atoms with van der Waals surface area (Å²) in [6.45, 7) is 2.61. The van der Waals surface area contributed by atoms with E-state index >= 15 is 0 Å². The minimum absolute atomic E-state index is 0.0455. The van der Waals surface area contributed by atoms with Gasteiger partial charge in [0.15, 0.2) is 0 Å². The maximum Gasteiger partial charge on any atom is 0.306 e. The molecular weight excluding hydrogens is 472 g/mol. The molecule has 0 unspecified atom stereocenters. The fraction of sp³-hybridized carbons (Fsp3) is 0.696. The van der Waals surface area contributed by atoms with E-state index in [4.69, 9.17) is 27.9 Å². The topological polar surface area (TPSA) is 101 Å². The van der Waals surface area contributed by atoms with E-state index in [0.29, 0.717) is 18.0 Å². The predicted octanol–water partition coefficient (Wildman–Crippen LogP) is 4.25. The number of amides is 1. The molecule has 2 bridgehead atoms. The number of nitrogens with zero attached hydrogens (tertiary/aromatic N) is 1. The van der Waals surface area contributed by atoms with Gasteiger partial charge in [0.05, 0.1) is 35.7 Å². The Morgan fingerprint density at radius 3 is 2.48 bits per heavy atom. The van der Waals surface area contributed by atoms with Crippen LogP contribution in [0, 0.1) is 5.41 Å². The van der Waals surface area contributed by atoms with Crippen molar-refractivity contribution < 1.29 is 23.8 Å². The summed E-state index contributed by atoms with van der Waals surface area (Å²) >= 11 is 11.7. The minimum atomic E-state index is -1.61. The van der Waals surface area contributed by atoms with Gasteiger partial charge in [-0.3, -0.25) is 9.59 Å². The Morgan fingerprint density at radius 2 is 1.91 bits per heavy atom. The van der Waals surface area contributed by atoms with Gasteiger partial charge >= 0.3 is 5.97 Å². The van der Waals surface area contributed by atoms with Crippen LogP contribution in [0.15, 0.2) is 12.3 Å². The number of alkyl halides is 2. The van der Waals surface area contributed by atoms with E-state index in [9.17, 15) is 19.1 Å². The van der Waals surface area contributed by atoms with Crippen molar-refractivity contribution >= 4 is 40.8 Å². The normalized spacial score (nSPS) is 25.4. The van der Waals surface area contributed by atoms with Gasteiger partial charge in [0.25, 0.3) is 5.91 Å². The molecule has 3 saturated carbocycles. The second kappa shape index (κ2) is 10.3. The Balaban J connectivity index is 1.67. The zero-order valence-electron chi connectivity index (χ0n) is 19.1. The second-order valence-electron chi connectivity index (χ2n) is 9.88. The average Bonchev–Trinajstić information content (AvgIpc) is 2.76. The summed E-state index contributed by atoms with van der Waals surface area (Å²) in [7, 11) is 0. The highest BCUT2D eigenvalue weighted by atomic mass is 35.5. The van der Waals surface area contributed by atoms with E-state index in [0.717, 1.165) is 38.5 Å². The molecule has 1 aromatic heterocycles. The maximum atomic E-state index is 14.1. The summed E-state index contributed by atoms with van der Waals surface area (Å²) in [5.74, 6) is -0.400. The highest BCUT2D eigenvalue weighted by Gasteiger charge is 2.49.